The molecule has 0 bridgehead atoms. The van der Waals surface area contributed by atoms with Crippen LogP contribution in [0.5, 0.6) is 0 Å². The van der Waals surface area contributed by atoms with Crippen molar-refractivity contribution in [2.24, 2.45) is 11.5 Å². The Kier molecular flexibility index (Phi) is 8.25. The third-order valence-electron chi connectivity index (χ3n) is 6.98. The zero-order valence-electron chi connectivity index (χ0n) is 21.7. The van der Waals surface area contributed by atoms with Crippen LogP contribution in [-0.2, 0) is 11.2 Å². The van der Waals surface area contributed by atoms with E-state index >= 15 is 0 Å². The number of anilines is 1. The first-order chi connectivity index (χ1) is 17.6. The number of rotatable bonds is 6. The van der Waals surface area contributed by atoms with Crippen molar-refractivity contribution in [3.63, 3.8) is 0 Å². The molecule has 3 amide bonds. The highest BCUT2D eigenvalue weighted by atomic mass is 16.2. The van der Waals surface area contributed by atoms with Gasteiger partial charge in [0.2, 0.25) is 5.91 Å². The van der Waals surface area contributed by atoms with Crippen LogP contribution in [0.1, 0.15) is 32.3 Å². The van der Waals surface area contributed by atoms with Crippen molar-refractivity contribution < 1.29 is 9.59 Å². The highest BCUT2D eigenvalue weighted by Gasteiger charge is 2.31. The van der Waals surface area contributed by atoms with Crippen LogP contribution in [0.2, 0.25) is 0 Å². The Labute approximate surface area is 217 Å². The van der Waals surface area contributed by atoms with Gasteiger partial charge in [0.1, 0.15) is 5.82 Å². The van der Waals surface area contributed by atoms with Crippen LogP contribution >= 0.6 is 0 Å². The zero-order valence-corrected chi connectivity index (χ0v) is 21.7. The predicted octanol–water partition coefficient (Wildman–Crippen LogP) is 0.612. The Bertz CT molecular complexity index is 1160. The summed E-state index contributed by atoms with van der Waals surface area (Å²) in [7, 11) is 0. The maximum absolute atomic E-state index is 12.8. The van der Waals surface area contributed by atoms with Crippen molar-refractivity contribution in [2.75, 3.05) is 51.1 Å². The molecule has 4 rings (SSSR count). The summed E-state index contributed by atoms with van der Waals surface area (Å²) in [6.45, 7) is 7.92. The molecule has 0 unspecified atom stereocenters. The summed E-state index contributed by atoms with van der Waals surface area (Å²) in [5.41, 5.74) is 12.4. The monoisotopic (exact) mass is 510 g/mol. The van der Waals surface area contributed by atoms with Gasteiger partial charge in [-0.3, -0.25) is 14.7 Å². The highest BCUT2D eigenvalue weighted by molar-refractivity contribution is 5.89. The van der Waals surface area contributed by atoms with Crippen molar-refractivity contribution in [1.29, 1.82) is 0 Å². The minimum Gasteiger partial charge on any atom is -0.338 e. The van der Waals surface area contributed by atoms with Gasteiger partial charge in [-0.2, -0.15) is 4.98 Å². The van der Waals surface area contributed by atoms with E-state index in [0.29, 0.717) is 32.2 Å². The molecule has 1 aromatic heterocycles. The molecule has 37 heavy (non-hydrogen) atoms. The van der Waals surface area contributed by atoms with Gasteiger partial charge >= 0.3 is 11.7 Å². The lowest BCUT2D eigenvalue weighted by molar-refractivity contribution is -0.137. The van der Waals surface area contributed by atoms with Gasteiger partial charge in [0.15, 0.2) is 0 Å². The smallest absolute Gasteiger partial charge is 0.338 e. The molecular weight excluding hydrogens is 472 g/mol. The van der Waals surface area contributed by atoms with E-state index in [2.05, 4.69) is 21.3 Å². The number of benzene rings is 1. The van der Waals surface area contributed by atoms with E-state index in [1.54, 1.807) is 35.9 Å². The number of hydrogen-bond acceptors (Lipinski definition) is 7. The second-order valence-electron chi connectivity index (χ2n) is 10.5. The van der Waals surface area contributed by atoms with Gasteiger partial charge in [-0.05, 0) is 70.0 Å². The Hall–Kier alpha value is -3.28. The lowest BCUT2D eigenvalue weighted by atomic mass is 10.0. The van der Waals surface area contributed by atoms with Crippen LogP contribution in [0.3, 0.4) is 0 Å². The third kappa shape index (κ3) is 6.94. The molecule has 0 aliphatic carbocycles. The molecule has 0 atom stereocenters. The second-order valence-corrected chi connectivity index (χ2v) is 10.5. The van der Waals surface area contributed by atoms with Crippen LogP contribution in [0, 0.1) is 0 Å². The van der Waals surface area contributed by atoms with Gasteiger partial charge in [0.25, 0.3) is 0 Å². The number of hydrogen-bond donors (Lipinski definition) is 3. The molecule has 2 aliphatic rings. The minimum absolute atomic E-state index is 0.141. The molecule has 0 radical (unpaired) electrons. The highest BCUT2D eigenvalue weighted by Crippen LogP contribution is 2.14. The number of aromatic nitrogens is 2. The van der Waals surface area contributed by atoms with Crippen molar-refractivity contribution in [3.8, 4) is 5.69 Å². The van der Waals surface area contributed by atoms with Crippen LogP contribution < -0.4 is 22.5 Å². The van der Waals surface area contributed by atoms with Crippen molar-refractivity contribution in [3.05, 3.63) is 52.6 Å². The number of piperazine rings is 1. The fourth-order valence-corrected chi connectivity index (χ4v) is 4.70. The number of nitrogens with two attached hydrogens (primary N) is 2. The van der Waals surface area contributed by atoms with Gasteiger partial charge < -0.3 is 26.2 Å². The summed E-state index contributed by atoms with van der Waals surface area (Å²) in [4.78, 5) is 47.6. The van der Waals surface area contributed by atoms with Gasteiger partial charge in [-0.25, -0.2) is 9.59 Å². The topological polar surface area (TPSA) is 143 Å². The maximum Gasteiger partial charge on any atom is 0.354 e. The number of piperidine rings is 1. The number of amides is 3. The number of nitrogens with one attached hydrogen (secondary N) is 1. The molecule has 11 nitrogen and oxygen atoms in total. The normalized spacial score (nSPS) is 17.6. The fraction of sp³-hybridized carbons (Fsp3) is 0.538. The predicted molar refractivity (Wildman–Crippen MR) is 143 cm³/mol. The summed E-state index contributed by atoms with van der Waals surface area (Å²) in [6, 6.07) is 9.44. The minimum atomic E-state index is -0.945. The Morgan fingerprint density at radius 2 is 1.73 bits per heavy atom. The Balaban J connectivity index is 1.33. The van der Waals surface area contributed by atoms with E-state index in [0.717, 1.165) is 50.1 Å². The quantitative estimate of drug-likeness (QED) is 0.517. The molecule has 0 saturated carbocycles. The average molecular weight is 511 g/mol. The summed E-state index contributed by atoms with van der Waals surface area (Å²) in [5.74, 6) is 0.0467. The van der Waals surface area contributed by atoms with Crippen molar-refractivity contribution >= 4 is 17.8 Å². The average Bonchev–Trinajstić information content (AvgIpc) is 2.88. The summed E-state index contributed by atoms with van der Waals surface area (Å²) >= 11 is 0. The molecular formula is C26H38N8O3. The largest absolute Gasteiger partial charge is 0.354 e. The molecule has 2 saturated heterocycles. The summed E-state index contributed by atoms with van der Waals surface area (Å²) in [6.07, 6.45) is 4.58. The number of carbonyl (C=O) groups is 2. The molecule has 200 valence electrons. The standard InChI is InChI=1S/C26H38N8O3/c1-26(2,28)23(35)32-14-16-33(17-15-32)24(36)29-22-9-13-34(25(37)30-22)21-5-3-4-19(18-21)6-10-31-11-7-20(27)8-12-31/h3-5,9,13,18,20H,6-8,10-12,14-17,27-28H2,1-2H3,(H,29,30,36,37). The maximum atomic E-state index is 12.8. The zero-order chi connectivity index (χ0) is 26.6. The number of carbonyl (C=O) groups excluding carboxylic acids is 2. The molecule has 2 fully saturated rings. The van der Waals surface area contributed by atoms with Crippen molar-refractivity contribution in [2.45, 2.75) is 44.7 Å². The molecule has 2 aliphatic heterocycles. The van der Waals surface area contributed by atoms with E-state index in [4.69, 9.17) is 11.5 Å². The van der Waals surface area contributed by atoms with Crippen molar-refractivity contribution in [1.82, 2.24) is 24.3 Å². The molecule has 11 heteroatoms. The first-order valence-electron chi connectivity index (χ1n) is 12.9. The number of nitrogens with zero attached hydrogens (tertiary/aromatic N) is 5. The molecule has 3 heterocycles. The fourth-order valence-electron chi connectivity index (χ4n) is 4.70. The number of likely N-dealkylation sites (tertiary alicyclic amines) is 1. The van der Waals surface area contributed by atoms with E-state index in [9.17, 15) is 14.4 Å². The third-order valence-corrected chi connectivity index (χ3v) is 6.98. The second kappa shape index (κ2) is 11.4. The first-order valence-corrected chi connectivity index (χ1v) is 12.9. The van der Waals surface area contributed by atoms with E-state index in [-0.39, 0.29) is 17.8 Å². The Morgan fingerprint density at radius 3 is 2.38 bits per heavy atom. The molecule has 1 aromatic carbocycles. The summed E-state index contributed by atoms with van der Waals surface area (Å²) < 4.78 is 1.47. The van der Waals surface area contributed by atoms with Gasteiger partial charge in [-0.15, -0.1) is 0 Å². The van der Waals surface area contributed by atoms with Crippen LogP contribution in [0.25, 0.3) is 5.69 Å². The van der Waals surface area contributed by atoms with Gasteiger partial charge in [-0.1, -0.05) is 12.1 Å². The molecule has 2 aromatic rings. The van der Waals surface area contributed by atoms with Crippen LogP contribution in [0.4, 0.5) is 10.6 Å². The van der Waals surface area contributed by atoms with E-state index < -0.39 is 11.2 Å². The summed E-state index contributed by atoms with van der Waals surface area (Å²) in [5, 5.41) is 2.70. The van der Waals surface area contributed by atoms with Gasteiger partial charge in [0.05, 0.1) is 11.2 Å². The van der Waals surface area contributed by atoms with Crippen LogP contribution in [0.15, 0.2) is 41.3 Å². The van der Waals surface area contributed by atoms with E-state index in [1.165, 1.54) is 4.57 Å². The first kappa shape index (κ1) is 26.8. The Morgan fingerprint density at radius 1 is 1.05 bits per heavy atom. The number of urea groups is 1. The van der Waals surface area contributed by atoms with Gasteiger partial charge in [0, 0.05) is 45.0 Å². The van der Waals surface area contributed by atoms with Crippen LogP contribution in [-0.4, -0.2) is 93.6 Å². The lowest BCUT2D eigenvalue weighted by Gasteiger charge is -2.37. The molecule has 0 spiro atoms. The van der Waals surface area contributed by atoms with E-state index in [1.807, 2.05) is 18.2 Å². The SMILES string of the molecule is CC(C)(N)C(=O)N1CCN(C(=O)Nc2ccn(-c3cccc(CCN4CCC(N)CC4)c3)c(=O)n2)CC1. The molecule has 5 N–H and O–H groups in total. The lowest BCUT2D eigenvalue weighted by Crippen LogP contribution is -2.58.